The van der Waals surface area contributed by atoms with E-state index in [1.54, 1.807) is 20.8 Å². The lowest BCUT2D eigenvalue weighted by Gasteiger charge is -2.33. The molecule has 0 saturated carbocycles. The predicted octanol–water partition coefficient (Wildman–Crippen LogP) is 4.04. The number of halogens is 3. The van der Waals surface area contributed by atoms with Crippen LogP contribution in [-0.2, 0) is 15.7 Å². The fraction of sp³-hybridized carbons (Fsp3) is 0.579. The minimum atomic E-state index is -4.44. The molecule has 0 unspecified atom stereocenters. The first-order valence-electron chi connectivity index (χ1n) is 8.60. The van der Waals surface area contributed by atoms with Crippen LogP contribution in [-0.4, -0.2) is 42.4 Å². The Morgan fingerprint density at radius 1 is 1.23 bits per heavy atom. The summed E-state index contributed by atoms with van der Waals surface area (Å²) in [7, 11) is 0. The van der Waals surface area contributed by atoms with Gasteiger partial charge in [-0.2, -0.15) is 13.2 Å². The summed E-state index contributed by atoms with van der Waals surface area (Å²) in [5.74, 6) is -0.448. The van der Waals surface area contributed by atoms with Crippen molar-refractivity contribution in [1.29, 1.82) is 0 Å². The van der Waals surface area contributed by atoms with E-state index in [1.165, 1.54) is 6.07 Å². The zero-order chi connectivity index (χ0) is 19.5. The summed E-state index contributed by atoms with van der Waals surface area (Å²) in [5, 5.41) is 0. The second kappa shape index (κ2) is 7.78. The van der Waals surface area contributed by atoms with Crippen LogP contribution < -0.4 is 0 Å². The summed E-state index contributed by atoms with van der Waals surface area (Å²) in [5.41, 5.74) is -0.559. The van der Waals surface area contributed by atoms with Crippen molar-refractivity contribution in [2.45, 2.75) is 51.3 Å². The smallest absolute Gasteiger partial charge is 0.416 e. The number of ether oxygens (including phenoxy) is 1. The SMILES string of the molecule is CC(C)(C)OC(=O)CN1CCC(c2cc(C(F)(F)F)ccc2C=O)CC1. The molecule has 0 N–H and O–H groups in total. The number of likely N-dealkylation sites (tertiary alicyclic amines) is 1. The van der Waals surface area contributed by atoms with Crippen LogP contribution in [0, 0.1) is 0 Å². The van der Waals surface area contributed by atoms with E-state index in [2.05, 4.69) is 0 Å². The fourth-order valence-electron chi connectivity index (χ4n) is 3.17. The molecule has 0 amide bonds. The topological polar surface area (TPSA) is 46.6 Å². The van der Waals surface area contributed by atoms with Gasteiger partial charge in [-0.3, -0.25) is 14.5 Å². The minimum absolute atomic E-state index is 0.132. The maximum atomic E-state index is 13.0. The van der Waals surface area contributed by atoms with E-state index in [-0.39, 0.29) is 18.4 Å². The molecule has 0 aromatic heterocycles. The van der Waals surface area contributed by atoms with Crippen molar-refractivity contribution >= 4 is 12.3 Å². The van der Waals surface area contributed by atoms with Crippen molar-refractivity contribution in [3.8, 4) is 0 Å². The number of aldehydes is 1. The molecule has 1 saturated heterocycles. The van der Waals surface area contributed by atoms with Crippen LogP contribution in [0.15, 0.2) is 18.2 Å². The third-order valence-corrected chi connectivity index (χ3v) is 4.34. The van der Waals surface area contributed by atoms with Gasteiger partial charge >= 0.3 is 12.1 Å². The molecule has 1 aliphatic rings. The second-order valence-corrected chi connectivity index (χ2v) is 7.60. The first-order chi connectivity index (χ1) is 12.0. The van der Waals surface area contributed by atoms with Gasteiger partial charge < -0.3 is 4.74 Å². The van der Waals surface area contributed by atoms with Crippen molar-refractivity contribution in [3.05, 3.63) is 34.9 Å². The molecule has 7 heteroatoms. The molecule has 1 aliphatic heterocycles. The average Bonchev–Trinajstić information content (AvgIpc) is 2.52. The molecular formula is C19H24F3NO3. The van der Waals surface area contributed by atoms with Gasteiger partial charge in [-0.1, -0.05) is 6.07 Å². The van der Waals surface area contributed by atoms with Crippen LogP contribution in [0.2, 0.25) is 0 Å². The summed E-state index contributed by atoms with van der Waals surface area (Å²) in [6.07, 6.45) is -2.66. The Kier molecular flexibility index (Phi) is 6.11. The molecule has 0 aliphatic carbocycles. The number of hydrogen-bond donors (Lipinski definition) is 0. The molecule has 144 valence electrons. The molecular weight excluding hydrogens is 347 g/mol. The molecule has 1 aromatic rings. The highest BCUT2D eigenvalue weighted by Crippen LogP contribution is 2.35. The Morgan fingerprint density at radius 2 is 1.85 bits per heavy atom. The zero-order valence-corrected chi connectivity index (χ0v) is 15.2. The van der Waals surface area contributed by atoms with Crippen LogP contribution in [0.5, 0.6) is 0 Å². The van der Waals surface area contributed by atoms with Crippen LogP contribution in [0.3, 0.4) is 0 Å². The second-order valence-electron chi connectivity index (χ2n) is 7.60. The van der Waals surface area contributed by atoms with Crippen molar-refractivity contribution in [1.82, 2.24) is 4.90 Å². The van der Waals surface area contributed by atoms with Gasteiger partial charge in [0.25, 0.3) is 0 Å². The summed E-state index contributed by atoms with van der Waals surface area (Å²) in [6, 6.07) is 3.25. The summed E-state index contributed by atoms with van der Waals surface area (Å²) < 4.78 is 44.2. The fourth-order valence-corrected chi connectivity index (χ4v) is 3.17. The van der Waals surface area contributed by atoms with Crippen LogP contribution in [0.1, 0.15) is 61.0 Å². The van der Waals surface area contributed by atoms with E-state index in [0.717, 1.165) is 12.1 Å². The van der Waals surface area contributed by atoms with E-state index < -0.39 is 17.3 Å². The number of alkyl halides is 3. The van der Waals surface area contributed by atoms with Crippen LogP contribution >= 0.6 is 0 Å². The lowest BCUT2D eigenvalue weighted by molar-refractivity contribution is -0.156. The van der Waals surface area contributed by atoms with Gasteiger partial charge in [0.05, 0.1) is 12.1 Å². The Balaban J connectivity index is 2.03. The molecule has 0 radical (unpaired) electrons. The highest BCUT2D eigenvalue weighted by molar-refractivity contribution is 5.78. The highest BCUT2D eigenvalue weighted by atomic mass is 19.4. The lowest BCUT2D eigenvalue weighted by Crippen LogP contribution is -2.39. The quantitative estimate of drug-likeness (QED) is 0.592. The molecule has 0 atom stereocenters. The Bertz CT molecular complexity index is 657. The first-order valence-corrected chi connectivity index (χ1v) is 8.60. The third kappa shape index (κ3) is 5.56. The van der Waals surface area contributed by atoms with Crippen LogP contribution in [0.4, 0.5) is 13.2 Å². The summed E-state index contributed by atoms with van der Waals surface area (Å²) in [6.45, 7) is 6.69. The summed E-state index contributed by atoms with van der Waals surface area (Å²) in [4.78, 5) is 25.0. The number of rotatable bonds is 4. The molecule has 2 rings (SSSR count). The number of carbonyl (C=O) groups excluding carboxylic acids is 2. The lowest BCUT2D eigenvalue weighted by atomic mass is 9.85. The van der Waals surface area contributed by atoms with Gasteiger partial charge in [0, 0.05) is 5.56 Å². The van der Waals surface area contributed by atoms with Gasteiger partial charge in [-0.05, 0) is 70.3 Å². The Morgan fingerprint density at radius 3 is 2.35 bits per heavy atom. The monoisotopic (exact) mass is 371 g/mol. The largest absolute Gasteiger partial charge is 0.459 e. The number of nitrogens with zero attached hydrogens (tertiary/aromatic N) is 1. The number of benzene rings is 1. The molecule has 1 heterocycles. The number of hydrogen-bond acceptors (Lipinski definition) is 4. The molecule has 0 spiro atoms. The van der Waals surface area contributed by atoms with Gasteiger partial charge in [0.2, 0.25) is 0 Å². The third-order valence-electron chi connectivity index (χ3n) is 4.34. The number of piperidine rings is 1. The molecule has 26 heavy (non-hydrogen) atoms. The van der Waals surface area contributed by atoms with Gasteiger partial charge in [0.15, 0.2) is 0 Å². The zero-order valence-electron chi connectivity index (χ0n) is 15.2. The van der Waals surface area contributed by atoms with Crippen molar-refractivity contribution < 1.29 is 27.5 Å². The molecule has 1 aromatic carbocycles. The standard InChI is InChI=1S/C19H24F3NO3/c1-18(2,3)26-17(25)11-23-8-6-13(7-9-23)16-10-15(19(20,21)22)5-4-14(16)12-24/h4-5,10,12-13H,6-9,11H2,1-3H3. The van der Waals surface area contributed by atoms with E-state index >= 15 is 0 Å². The summed E-state index contributed by atoms with van der Waals surface area (Å²) >= 11 is 0. The Hall–Kier alpha value is -1.89. The van der Waals surface area contributed by atoms with Crippen molar-refractivity contribution in [3.63, 3.8) is 0 Å². The molecule has 0 bridgehead atoms. The van der Waals surface area contributed by atoms with E-state index in [1.807, 2.05) is 4.90 Å². The van der Waals surface area contributed by atoms with Crippen molar-refractivity contribution in [2.24, 2.45) is 0 Å². The normalized spacial score (nSPS) is 17.2. The van der Waals surface area contributed by atoms with E-state index in [0.29, 0.717) is 43.3 Å². The van der Waals surface area contributed by atoms with Gasteiger partial charge in [0.1, 0.15) is 11.9 Å². The highest BCUT2D eigenvalue weighted by Gasteiger charge is 2.32. The number of esters is 1. The maximum Gasteiger partial charge on any atom is 0.416 e. The maximum absolute atomic E-state index is 13.0. The Labute approximate surface area is 151 Å². The van der Waals surface area contributed by atoms with Gasteiger partial charge in [-0.25, -0.2) is 0 Å². The van der Waals surface area contributed by atoms with Crippen LogP contribution in [0.25, 0.3) is 0 Å². The minimum Gasteiger partial charge on any atom is -0.459 e. The van der Waals surface area contributed by atoms with E-state index in [9.17, 15) is 22.8 Å². The predicted molar refractivity (Wildman–Crippen MR) is 91.1 cm³/mol. The van der Waals surface area contributed by atoms with Gasteiger partial charge in [-0.15, -0.1) is 0 Å². The van der Waals surface area contributed by atoms with E-state index in [4.69, 9.17) is 4.74 Å². The average molecular weight is 371 g/mol. The molecule has 1 fully saturated rings. The molecule has 4 nitrogen and oxygen atoms in total. The van der Waals surface area contributed by atoms with Crippen molar-refractivity contribution in [2.75, 3.05) is 19.6 Å². The number of carbonyl (C=O) groups is 2. The first kappa shape index (κ1) is 20.4.